The van der Waals surface area contributed by atoms with Crippen LogP contribution in [0.2, 0.25) is 0 Å². The molecule has 0 bridgehead atoms. The molecule has 5 heteroatoms. The summed E-state index contributed by atoms with van der Waals surface area (Å²) in [5, 5.41) is 10.7. The highest BCUT2D eigenvalue weighted by atomic mass is 16.5. The highest BCUT2D eigenvalue weighted by Crippen LogP contribution is 2.39. The maximum absolute atomic E-state index is 10.7. The molecular formula is C21H30N2O3. The molecule has 1 aromatic carbocycles. The van der Waals surface area contributed by atoms with Crippen LogP contribution in [0.1, 0.15) is 24.8 Å². The summed E-state index contributed by atoms with van der Waals surface area (Å²) in [6, 6.07) is 6.02. The van der Waals surface area contributed by atoms with E-state index in [1.165, 1.54) is 5.57 Å². The predicted octanol–water partition coefficient (Wildman–Crippen LogP) is 2.25. The molecule has 0 saturated carbocycles. The zero-order chi connectivity index (χ0) is 18.1. The van der Waals surface area contributed by atoms with Gasteiger partial charge in [0.15, 0.2) is 11.5 Å². The minimum absolute atomic E-state index is 0.0302. The lowest BCUT2D eigenvalue weighted by Crippen LogP contribution is -2.58. The topological polar surface area (TPSA) is 45.2 Å². The molecule has 0 amide bonds. The number of aliphatic hydroxyl groups is 1. The van der Waals surface area contributed by atoms with Gasteiger partial charge in [-0.15, -0.1) is 0 Å². The van der Waals surface area contributed by atoms with E-state index in [-0.39, 0.29) is 11.5 Å². The zero-order valence-corrected chi connectivity index (χ0v) is 15.9. The lowest BCUT2D eigenvalue weighted by atomic mass is 9.71. The molecule has 0 unspecified atom stereocenters. The third kappa shape index (κ3) is 3.36. The van der Waals surface area contributed by atoms with Crippen LogP contribution in [0.5, 0.6) is 11.5 Å². The summed E-state index contributed by atoms with van der Waals surface area (Å²) in [6.45, 7) is 5.59. The quantitative estimate of drug-likeness (QED) is 0.898. The van der Waals surface area contributed by atoms with Crippen LogP contribution in [0.15, 0.2) is 23.8 Å². The van der Waals surface area contributed by atoms with Crippen LogP contribution in [0.25, 0.3) is 6.08 Å². The van der Waals surface area contributed by atoms with Gasteiger partial charge in [-0.1, -0.05) is 12.1 Å². The van der Waals surface area contributed by atoms with Crippen molar-refractivity contribution in [2.75, 3.05) is 53.5 Å². The minimum Gasteiger partial charge on any atom is -0.493 e. The first-order valence-electron chi connectivity index (χ1n) is 9.68. The number of likely N-dealkylation sites (tertiary alicyclic amines) is 2. The molecule has 0 aromatic heterocycles. The number of fused-ring (bicyclic) bond motifs is 1. The summed E-state index contributed by atoms with van der Waals surface area (Å²) in [6.07, 6.45) is 5.24. The van der Waals surface area contributed by atoms with E-state index in [2.05, 4.69) is 29.0 Å². The standard InChI is InChI=1S/C21H30N2O3/c1-22-10-7-19(24)21(14-22)8-4-9-23(15-21)12-16-11-17-5-3-6-18(25-2)20(17)26-13-16/h3,5-6,11,19,24H,4,7-10,12-15H2,1-2H3/t19-,21-/m0/s1. The van der Waals surface area contributed by atoms with Crippen LogP contribution < -0.4 is 9.47 Å². The van der Waals surface area contributed by atoms with E-state index in [0.717, 1.165) is 69.0 Å². The second kappa shape index (κ2) is 7.22. The Morgan fingerprint density at radius 3 is 3.04 bits per heavy atom. The average Bonchev–Trinajstić information content (AvgIpc) is 2.64. The van der Waals surface area contributed by atoms with Gasteiger partial charge in [-0.3, -0.25) is 4.90 Å². The van der Waals surface area contributed by atoms with Gasteiger partial charge in [0.05, 0.1) is 13.2 Å². The Kier molecular flexibility index (Phi) is 4.95. The molecule has 0 aliphatic carbocycles. The van der Waals surface area contributed by atoms with Crippen molar-refractivity contribution >= 4 is 6.08 Å². The molecule has 5 nitrogen and oxygen atoms in total. The third-order valence-electron chi connectivity index (χ3n) is 6.18. The molecule has 2 saturated heterocycles. The highest BCUT2D eigenvalue weighted by Gasteiger charge is 2.44. The Balaban J connectivity index is 1.48. The molecule has 4 rings (SSSR count). The zero-order valence-electron chi connectivity index (χ0n) is 15.9. The van der Waals surface area contributed by atoms with E-state index in [1.54, 1.807) is 7.11 Å². The van der Waals surface area contributed by atoms with E-state index in [1.807, 2.05) is 12.1 Å². The summed E-state index contributed by atoms with van der Waals surface area (Å²) in [5.41, 5.74) is 2.42. The van der Waals surface area contributed by atoms with E-state index < -0.39 is 0 Å². The Morgan fingerprint density at radius 2 is 2.19 bits per heavy atom. The molecule has 1 N–H and O–H groups in total. The maximum Gasteiger partial charge on any atom is 0.168 e. The smallest absolute Gasteiger partial charge is 0.168 e. The Morgan fingerprint density at radius 1 is 1.31 bits per heavy atom. The van der Waals surface area contributed by atoms with Crippen LogP contribution in [-0.4, -0.2) is 74.5 Å². The second-order valence-corrected chi connectivity index (χ2v) is 8.19. The number of nitrogens with zero attached hydrogens (tertiary/aromatic N) is 2. The number of hydrogen-bond acceptors (Lipinski definition) is 5. The van der Waals surface area contributed by atoms with E-state index in [4.69, 9.17) is 9.47 Å². The molecule has 142 valence electrons. The first-order chi connectivity index (χ1) is 12.6. The highest BCUT2D eigenvalue weighted by molar-refractivity contribution is 5.66. The van der Waals surface area contributed by atoms with Gasteiger partial charge in [-0.25, -0.2) is 0 Å². The number of benzene rings is 1. The second-order valence-electron chi connectivity index (χ2n) is 8.19. The molecule has 1 spiro atoms. The summed E-state index contributed by atoms with van der Waals surface area (Å²) in [5.74, 6) is 1.64. The van der Waals surface area contributed by atoms with Crippen molar-refractivity contribution in [1.29, 1.82) is 0 Å². The molecular weight excluding hydrogens is 328 g/mol. The molecule has 26 heavy (non-hydrogen) atoms. The summed E-state index contributed by atoms with van der Waals surface area (Å²) >= 11 is 0. The molecule has 3 aliphatic heterocycles. The Bertz CT molecular complexity index is 690. The first kappa shape index (κ1) is 17.8. The number of para-hydroxylation sites is 1. The van der Waals surface area contributed by atoms with E-state index >= 15 is 0 Å². The molecule has 2 fully saturated rings. The Hall–Kier alpha value is -1.56. The van der Waals surface area contributed by atoms with Crippen molar-refractivity contribution < 1.29 is 14.6 Å². The van der Waals surface area contributed by atoms with E-state index in [0.29, 0.717) is 6.61 Å². The Labute approximate surface area is 156 Å². The normalized spacial score (nSPS) is 29.8. The fourth-order valence-corrected chi connectivity index (χ4v) is 4.93. The van der Waals surface area contributed by atoms with Gasteiger partial charge in [-0.05, 0) is 50.6 Å². The average molecular weight is 358 g/mol. The molecule has 0 radical (unpaired) electrons. The number of aliphatic hydroxyl groups excluding tert-OH is 1. The lowest BCUT2D eigenvalue weighted by Gasteiger charge is -2.50. The number of rotatable bonds is 3. The van der Waals surface area contributed by atoms with Crippen LogP contribution in [0.3, 0.4) is 0 Å². The van der Waals surface area contributed by atoms with Crippen LogP contribution in [0, 0.1) is 5.41 Å². The van der Waals surface area contributed by atoms with Gasteiger partial charge in [0, 0.05) is 37.2 Å². The predicted molar refractivity (Wildman–Crippen MR) is 103 cm³/mol. The molecule has 2 atom stereocenters. The number of methoxy groups -OCH3 is 1. The van der Waals surface area contributed by atoms with Crippen LogP contribution in [-0.2, 0) is 0 Å². The fraction of sp³-hybridized carbons (Fsp3) is 0.619. The van der Waals surface area contributed by atoms with Gasteiger partial charge in [0.2, 0.25) is 0 Å². The fourth-order valence-electron chi connectivity index (χ4n) is 4.93. The SMILES string of the molecule is COc1cccc2c1OCC(CN1CCC[C@]3(CN(C)CC[C@@H]3O)C1)=C2. The van der Waals surface area contributed by atoms with Crippen molar-refractivity contribution in [3.8, 4) is 11.5 Å². The van der Waals surface area contributed by atoms with Gasteiger partial charge < -0.3 is 19.5 Å². The lowest BCUT2D eigenvalue weighted by molar-refractivity contribution is -0.0778. The number of ether oxygens (including phenoxy) is 2. The number of piperidine rings is 2. The first-order valence-corrected chi connectivity index (χ1v) is 9.68. The van der Waals surface area contributed by atoms with Crippen LogP contribution in [0.4, 0.5) is 0 Å². The third-order valence-corrected chi connectivity index (χ3v) is 6.18. The van der Waals surface area contributed by atoms with Crippen molar-refractivity contribution in [2.24, 2.45) is 5.41 Å². The van der Waals surface area contributed by atoms with Gasteiger partial charge in [0.25, 0.3) is 0 Å². The molecule has 3 aliphatic rings. The summed E-state index contributed by atoms with van der Waals surface area (Å²) in [4.78, 5) is 4.88. The van der Waals surface area contributed by atoms with Gasteiger partial charge >= 0.3 is 0 Å². The van der Waals surface area contributed by atoms with Gasteiger partial charge in [-0.2, -0.15) is 0 Å². The van der Waals surface area contributed by atoms with Crippen molar-refractivity contribution in [2.45, 2.75) is 25.4 Å². The summed E-state index contributed by atoms with van der Waals surface area (Å²) < 4.78 is 11.4. The van der Waals surface area contributed by atoms with Crippen molar-refractivity contribution in [3.63, 3.8) is 0 Å². The summed E-state index contributed by atoms with van der Waals surface area (Å²) in [7, 11) is 3.85. The van der Waals surface area contributed by atoms with Crippen molar-refractivity contribution in [3.05, 3.63) is 29.3 Å². The van der Waals surface area contributed by atoms with Crippen LogP contribution >= 0.6 is 0 Å². The molecule has 3 heterocycles. The maximum atomic E-state index is 10.7. The van der Waals surface area contributed by atoms with Gasteiger partial charge in [0.1, 0.15) is 6.61 Å². The van der Waals surface area contributed by atoms with Crippen molar-refractivity contribution in [1.82, 2.24) is 9.80 Å². The monoisotopic (exact) mass is 358 g/mol. The minimum atomic E-state index is -0.178. The number of hydrogen-bond donors (Lipinski definition) is 1. The van der Waals surface area contributed by atoms with E-state index in [9.17, 15) is 5.11 Å². The largest absolute Gasteiger partial charge is 0.493 e. The molecule has 1 aromatic rings.